The van der Waals surface area contributed by atoms with E-state index in [1.54, 1.807) is 18.2 Å². The maximum atomic E-state index is 11.3. The molecule has 3 rings (SSSR count). The summed E-state index contributed by atoms with van der Waals surface area (Å²) in [5, 5.41) is 9.24. The van der Waals surface area contributed by atoms with Crippen molar-refractivity contribution in [1.82, 2.24) is 0 Å². The number of anilines is 2. The number of rotatable bonds is 2. The Morgan fingerprint density at radius 3 is 2.82 bits per heavy atom. The molecule has 1 saturated carbocycles. The maximum Gasteiger partial charge on any atom is 0.337 e. The number of nitrogens with two attached hydrogens (primary N) is 1. The molecule has 2 aliphatic rings. The SMILES string of the molecule is Nc1cccc(C(=O)O)c1N1CC2CCC1C2. The lowest BCUT2D eigenvalue weighted by Crippen LogP contribution is -2.33. The van der Waals surface area contributed by atoms with Gasteiger partial charge >= 0.3 is 5.97 Å². The van der Waals surface area contributed by atoms with Gasteiger partial charge in [0.25, 0.3) is 0 Å². The van der Waals surface area contributed by atoms with Crippen LogP contribution in [0.3, 0.4) is 0 Å². The highest BCUT2D eigenvalue weighted by Gasteiger charge is 2.39. The van der Waals surface area contributed by atoms with Crippen molar-refractivity contribution in [3.05, 3.63) is 23.8 Å². The van der Waals surface area contributed by atoms with Gasteiger partial charge in [0, 0.05) is 12.6 Å². The number of carbonyl (C=O) groups is 1. The standard InChI is InChI=1S/C13H16N2O2/c14-11-3-1-2-10(13(16)17)12(11)15-7-8-4-5-9(15)6-8/h1-3,8-9H,4-7,14H2,(H,16,17). The Morgan fingerprint density at radius 1 is 1.41 bits per heavy atom. The number of nitrogen functional groups attached to an aromatic ring is 1. The molecule has 1 saturated heterocycles. The third-order valence-corrected chi connectivity index (χ3v) is 3.99. The van der Waals surface area contributed by atoms with Gasteiger partial charge in [0.2, 0.25) is 0 Å². The van der Waals surface area contributed by atoms with E-state index in [1.165, 1.54) is 12.8 Å². The Hall–Kier alpha value is -1.71. The molecular formula is C13H16N2O2. The minimum Gasteiger partial charge on any atom is -0.478 e. The number of nitrogens with zero attached hydrogens (tertiary/aromatic N) is 1. The second-order valence-electron chi connectivity index (χ2n) is 5.03. The van der Waals surface area contributed by atoms with Gasteiger partial charge in [-0.15, -0.1) is 0 Å². The smallest absolute Gasteiger partial charge is 0.337 e. The molecule has 2 unspecified atom stereocenters. The van der Waals surface area contributed by atoms with Gasteiger partial charge in [0.15, 0.2) is 0 Å². The monoisotopic (exact) mass is 232 g/mol. The van der Waals surface area contributed by atoms with Crippen LogP contribution >= 0.6 is 0 Å². The van der Waals surface area contributed by atoms with Gasteiger partial charge in [-0.25, -0.2) is 4.79 Å². The molecule has 2 atom stereocenters. The van der Waals surface area contributed by atoms with Crippen LogP contribution in [0.15, 0.2) is 18.2 Å². The first-order chi connectivity index (χ1) is 8.16. The molecule has 2 bridgehead atoms. The van der Waals surface area contributed by atoms with Crippen molar-refractivity contribution < 1.29 is 9.90 Å². The number of benzene rings is 1. The van der Waals surface area contributed by atoms with E-state index >= 15 is 0 Å². The number of para-hydroxylation sites is 1. The summed E-state index contributed by atoms with van der Waals surface area (Å²) in [5.41, 5.74) is 7.61. The zero-order valence-corrected chi connectivity index (χ0v) is 9.60. The fourth-order valence-corrected chi connectivity index (χ4v) is 3.25. The van der Waals surface area contributed by atoms with Gasteiger partial charge in [-0.3, -0.25) is 0 Å². The third kappa shape index (κ3) is 1.55. The summed E-state index contributed by atoms with van der Waals surface area (Å²) in [4.78, 5) is 13.5. The topological polar surface area (TPSA) is 66.6 Å². The second kappa shape index (κ2) is 3.65. The molecule has 1 aliphatic heterocycles. The minimum absolute atomic E-state index is 0.331. The van der Waals surface area contributed by atoms with Crippen LogP contribution in [0.1, 0.15) is 29.6 Å². The number of carboxylic acids is 1. The first-order valence-electron chi connectivity index (χ1n) is 6.05. The highest BCUT2D eigenvalue weighted by atomic mass is 16.4. The van der Waals surface area contributed by atoms with Crippen LogP contribution in [0.2, 0.25) is 0 Å². The summed E-state index contributed by atoms with van der Waals surface area (Å²) >= 11 is 0. The Morgan fingerprint density at radius 2 is 2.24 bits per heavy atom. The van der Waals surface area contributed by atoms with E-state index in [2.05, 4.69) is 4.90 Å². The number of aromatic carboxylic acids is 1. The lowest BCUT2D eigenvalue weighted by atomic mass is 10.1. The molecule has 0 amide bonds. The van der Waals surface area contributed by atoms with Crippen LogP contribution in [0, 0.1) is 5.92 Å². The Labute approximate surface area is 100 Å². The van der Waals surface area contributed by atoms with E-state index in [1.807, 2.05) is 0 Å². The first kappa shape index (κ1) is 10.4. The van der Waals surface area contributed by atoms with Crippen molar-refractivity contribution in [2.75, 3.05) is 17.2 Å². The fourth-order valence-electron chi connectivity index (χ4n) is 3.25. The maximum absolute atomic E-state index is 11.3. The summed E-state index contributed by atoms with van der Waals surface area (Å²) in [6, 6.07) is 5.62. The molecule has 3 N–H and O–H groups in total. The molecule has 4 heteroatoms. The van der Waals surface area contributed by atoms with Crippen LogP contribution in [-0.4, -0.2) is 23.7 Å². The number of fused-ring (bicyclic) bond motifs is 2. The highest BCUT2D eigenvalue weighted by molar-refractivity contribution is 5.98. The molecule has 4 nitrogen and oxygen atoms in total. The molecule has 90 valence electrons. The Kier molecular flexibility index (Phi) is 2.24. The summed E-state index contributed by atoms with van der Waals surface area (Å²) < 4.78 is 0. The van der Waals surface area contributed by atoms with Crippen LogP contribution in [0.5, 0.6) is 0 Å². The number of hydrogen-bond donors (Lipinski definition) is 2. The van der Waals surface area contributed by atoms with Crippen LogP contribution in [-0.2, 0) is 0 Å². The molecule has 0 radical (unpaired) electrons. The van der Waals surface area contributed by atoms with Gasteiger partial charge in [-0.05, 0) is 37.3 Å². The van der Waals surface area contributed by atoms with E-state index in [9.17, 15) is 9.90 Å². The van der Waals surface area contributed by atoms with E-state index in [-0.39, 0.29) is 0 Å². The molecule has 1 aromatic carbocycles. The largest absolute Gasteiger partial charge is 0.478 e. The van der Waals surface area contributed by atoms with Crippen molar-refractivity contribution >= 4 is 17.3 Å². The van der Waals surface area contributed by atoms with Crippen molar-refractivity contribution in [2.45, 2.75) is 25.3 Å². The molecule has 0 aromatic heterocycles. The average molecular weight is 232 g/mol. The lowest BCUT2D eigenvalue weighted by molar-refractivity contribution is 0.0697. The molecule has 1 aliphatic carbocycles. The average Bonchev–Trinajstić information content (AvgIpc) is 2.90. The van der Waals surface area contributed by atoms with Gasteiger partial charge in [-0.2, -0.15) is 0 Å². The van der Waals surface area contributed by atoms with Gasteiger partial charge in [0.05, 0.1) is 16.9 Å². The predicted octanol–water partition coefficient (Wildman–Crippen LogP) is 1.96. The van der Waals surface area contributed by atoms with Crippen LogP contribution < -0.4 is 10.6 Å². The summed E-state index contributed by atoms with van der Waals surface area (Å²) in [6.07, 6.45) is 3.63. The number of hydrogen-bond acceptors (Lipinski definition) is 3. The zero-order valence-electron chi connectivity index (χ0n) is 9.60. The molecule has 0 spiro atoms. The molecule has 2 fully saturated rings. The van der Waals surface area contributed by atoms with Crippen molar-refractivity contribution in [1.29, 1.82) is 0 Å². The van der Waals surface area contributed by atoms with Crippen molar-refractivity contribution in [3.8, 4) is 0 Å². The third-order valence-electron chi connectivity index (χ3n) is 3.99. The van der Waals surface area contributed by atoms with E-state index in [4.69, 9.17) is 5.73 Å². The molecule has 1 aromatic rings. The predicted molar refractivity (Wildman–Crippen MR) is 66.3 cm³/mol. The van der Waals surface area contributed by atoms with Crippen LogP contribution in [0.4, 0.5) is 11.4 Å². The number of carboxylic acid groups (broad SMARTS) is 1. The van der Waals surface area contributed by atoms with Crippen molar-refractivity contribution in [3.63, 3.8) is 0 Å². The Bertz CT molecular complexity index is 472. The van der Waals surface area contributed by atoms with Crippen molar-refractivity contribution in [2.24, 2.45) is 5.92 Å². The van der Waals surface area contributed by atoms with E-state index in [0.29, 0.717) is 17.3 Å². The quantitative estimate of drug-likeness (QED) is 0.765. The minimum atomic E-state index is -0.893. The summed E-state index contributed by atoms with van der Waals surface area (Å²) in [6.45, 7) is 0.957. The van der Waals surface area contributed by atoms with E-state index in [0.717, 1.165) is 24.6 Å². The summed E-state index contributed by atoms with van der Waals surface area (Å²) in [7, 11) is 0. The number of piperidine rings is 1. The molecule has 17 heavy (non-hydrogen) atoms. The molecule has 1 heterocycles. The second-order valence-corrected chi connectivity index (χ2v) is 5.03. The van der Waals surface area contributed by atoms with E-state index < -0.39 is 5.97 Å². The molecular weight excluding hydrogens is 216 g/mol. The van der Waals surface area contributed by atoms with Gasteiger partial charge in [-0.1, -0.05) is 6.07 Å². The highest BCUT2D eigenvalue weighted by Crippen LogP contribution is 2.43. The summed E-state index contributed by atoms with van der Waals surface area (Å²) in [5.74, 6) is -0.170. The lowest BCUT2D eigenvalue weighted by Gasteiger charge is -2.31. The van der Waals surface area contributed by atoms with Gasteiger partial charge in [0.1, 0.15) is 0 Å². The fraction of sp³-hybridized carbons (Fsp3) is 0.462. The Balaban J connectivity index is 2.05. The zero-order chi connectivity index (χ0) is 12.0. The van der Waals surface area contributed by atoms with Crippen LogP contribution in [0.25, 0.3) is 0 Å². The first-order valence-corrected chi connectivity index (χ1v) is 6.05. The normalized spacial score (nSPS) is 26.5. The van der Waals surface area contributed by atoms with Gasteiger partial charge < -0.3 is 15.7 Å².